The van der Waals surface area contributed by atoms with Gasteiger partial charge >= 0.3 is 0 Å². The van der Waals surface area contributed by atoms with Gasteiger partial charge in [-0.15, -0.1) is 0 Å². The van der Waals surface area contributed by atoms with Crippen LogP contribution < -0.4 is 10.6 Å². The molecule has 106 valence electrons. The Morgan fingerprint density at radius 3 is 1.90 bits per heavy atom. The summed E-state index contributed by atoms with van der Waals surface area (Å²) in [6, 6.07) is 3.05. The Balaban J connectivity index is 2.02. The highest BCUT2D eigenvalue weighted by Gasteiger charge is 2.48. The molecule has 0 unspecified atom stereocenters. The third kappa shape index (κ3) is 1.98. The number of anilines is 2. The van der Waals surface area contributed by atoms with E-state index in [1.807, 2.05) is 0 Å². The van der Waals surface area contributed by atoms with Crippen LogP contribution in [0.2, 0.25) is 10.0 Å². The third-order valence-electron chi connectivity index (χ3n) is 4.16. The number of imide groups is 1. The standard InChI is InChI=1S/C14H14Cl2N2O2/c15-10-5-7(6-11(16)12(10)17)18-13(19)8-3-1-2-4-9(8)14(18)20/h5-6,8-9H,1-4,17H2/t8-,9-/m1/s1. The smallest absolute Gasteiger partial charge is 0.237 e. The van der Waals surface area contributed by atoms with Crippen LogP contribution in [0.15, 0.2) is 12.1 Å². The maximum Gasteiger partial charge on any atom is 0.237 e. The van der Waals surface area contributed by atoms with Crippen molar-refractivity contribution >= 4 is 46.4 Å². The van der Waals surface area contributed by atoms with Crippen molar-refractivity contribution in [2.24, 2.45) is 11.8 Å². The summed E-state index contributed by atoms with van der Waals surface area (Å²) in [6.07, 6.45) is 3.55. The van der Waals surface area contributed by atoms with Gasteiger partial charge in [-0.25, -0.2) is 4.90 Å². The molecule has 1 aromatic rings. The van der Waals surface area contributed by atoms with Gasteiger partial charge in [0.2, 0.25) is 11.8 Å². The van der Waals surface area contributed by atoms with E-state index in [1.165, 1.54) is 17.0 Å². The van der Waals surface area contributed by atoms with Gasteiger partial charge in [-0.2, -0.15) is 0 Å². The number of hydrogen-bond donors (Lipinski definition) is 1. The van der Waals surface area contributed by atoms with Gasteiger partial charge in [0.15, 0.2) is 0 Å². The van der Waals surface area contributed by atoms with Crippen LogP contribution in [0.5, 0.6) is 0 Å². The summed E-state index contributed by atoms with van der Waals surface area (Å²) >= 11 is 12.0. The minimum Gasteiger partial charge on any atom is -0.396 e. The molecule has 2 amide bonds. The summed E-state index contributed by atoms with van der Waals surface area (Å²) in [4.78, 5) is 26.1. The van der Waals surface area contributed by atoms with E-state index in [1.54, 1.807) is 0 Å². The molecule has 20 heavy (non-hydrogen) atoms. The normalized spacial score (nSPS) is 26.0. The Morgan fingerprint density at radius 2 is 1.45 bits per heavy atom. The van der Waals surface area contributed by atoms with Crippen molar-refractivity contribution in [3.05, 3.63) is 22.2 Å². The lowest BCUT2D eigenvalue weighted by Gasteiger charge is -2.19. The maximum atomic E-state index is 12.4. The number of amides is 2. The van der Waals surface area contributed by atoms with Crippen molar-refractivity contribution < 1.29 is 9.59 Å². The molecule has 0 aromatic heterocycles. The summed E-state index contributed by atoms with van der Waals surface area (Å²) in [5.41, 5.74) is 6.36. The van der Waals surface area contributed by atoms with Crippen LogP contribution in [-0.2, 0) is 9.59 Å². The average Bonchev–Trinajstić information content (AvgIpc) is 2.68. The quantitative estimate of drug-likeness (QED) is 0.639. The Kier molecular flexibility index (Phi) is 3.38. The van der Waals surface area contributed by atoms with Crippen molar-refractivity contribution in [1.29, 1.82) is 0 Å². The lowest BCUT2D eigenvalue weighted by Crippen LogP contribution is -2.30. The number of nitrogens with two attached hydrogens (primary N) is 1. The zero-order chi connectivity index (χ0) is 14.4. The lowest BCUT2D eigenvalue weighted by atomic mass is 9.81. The SMILES string of the molecule is Nc1c(Cl)cc(N2C(=O)[C@@H]3CCCC[C@H]3C2=O)cc1Cl. The molecule has 1 aliphatic carbocycles. The number of fused-ring (bicyclic) bond motifs is 1. The lowest BCUT2D eigenvalue weighted by molar-refractivity contribution is -0.122. The van der Waals surface area contributed by atoms with Gasteiger partial charge in [0.1, 0.15) is 0 Å². The molecule has 2 aliphatic rings. The van der Waals surface area contributed by atoms with Gasteiger partial charge < -0.3 is 5.73 Å². The van der Waals surface area contributed by atoms with E-state index >= 15 is 0 Å². The van der Waals surface area contributed by atoms with E-state index in [9.17, 15) is 9.59 Å². The number of carbonyl (C=O) groups excluding carboxylic acids is 2. The number of nitrogen functional groups attached to an aromatic ring is 1. The number of halogens is 2. The monoisotopic (exact) mass is 312 g/mol. The van der Waals surface area contributed by atoms with Crippen LogP contribution in [0, 0.1) is 11.8 Å². The zero-order valence-electron chi connectivity index (χ0n) is 10.7. The molecule has 1 saturated carbocycles. The second-order valence-electron chi connectivity index (χ2n) is 5.33. The van der Waals surface area contributed by atoms with Crippen LogP contribution >= 0.6 is 23.2 Å². The summed E-state index contributed by atoms with van der Waals surface area (Å²) in [7, 11) is 0. The second-order valence-corrected chi connectivity index (χ2v) is 6.15. The average molecular weight is 313 g/mol. The van der Waals surface area contributed by atoms with Gasteiger partial charge in [0.25, 0.3) is 0 Å². The first-order chi connectivity index (χ1) is 9.50. The van der Waals surface area contributed by atoms with Gasteiger partial charge in [0.05, 0.1) is 33.3 Å². The van der Waals surface area contributed by atoms with Crippen LogP contribution in [0.4, 0.5) is 11.4 Å². The summed E-state index contributed by atoms with van der Waals surface area (Å²) in [5, 5.41) is 0.506. The Labute approximate surface area is 126 Å². The molecular formula is C14H14Cl2N2O2. The molecule has 6 heteroatoms. The van der Waals surface area contributed by atoms with Gasteiger partial charge in [-0.05, 0) is 25.0 Å². The van der Waals surface area contributed by atoms with Gasteiger partial charge in [-0.3, -0.25) is 9.59 Å². The fourth-order valence-corrected chi connectivity index (χ4v) is 3.59. The molecule has 0 bridgehead atoms. The first-order valence-corrected chi connectivity index (χ1v) is 7.38. The van der Waals surface area contributed by atoms with E-state index in [0.717, 1.165) is 25.7 Å². The molecule has 2 atom stereocenters. The van der Waals surface area contributed by atoms with E-state index in [-0.39, 0.29) is 39.4 Å². The number of carbonyl (C=O) groups is 2. The van der Waals surface area contributed by atoms with E-state index in [4.69, 9.17) is 28.9 Å². The molecular weight excluding hydrogens is 299 g/mol. The van der Waals surface area contributed by atoms with Crippen LogP contribution in [0.3, 0.4) is 0 Å². The molecule has 1 aliphatic heterocycles. The highest BCUT2D eigenvalue weighted by molar-refractivity contribution is 6.39. The molecule has 1 heterocycles. The molecule has 1 aromatic carbocycles. The maximum absolute atomic E-state index is 12.4. The molecule has 0 radical (unpaired) electrons. The van der Waals surface area contributed by atoms with Crippen molar-refractivity contribution in [2.45, 2.75) is 25.7 Å². The van der Waals surface area contributed by atoms with Crippen LogP contribution in [0.25, 0.3) is 0 Å². The van der Waals surface area contributed by atoms with E-state index < -0.39 is 0 Å². The fourth-order valence-electron chi connectivity index (χ4n) is 3.12. The Bertz CT molecular complexity index is 556. The highest BCUT2D eigenvalue weighted by atomic mass is 35.5. The van der Waals surface area contributed by atoms with E-state index in [2.05, 4.69) is 0 Å². The Morgan fingerprint density at radius 1 is 1.00 bits per heavy atom. The van der Waals surface area contributed by atoms with Gasteiger partial charge in [-0.1, -0.05) is 36.0 Å². The molecule has 0 spiro atoms. The predicted molar refractivity (Wildman–Crippen MR) is 78.8 cm³/mol. The fraction of sp³-hybridized carbons (Fsp3) is 0.429. The molecule has 3 rings (SSSR count). The zero-order valence-corrected chi connectivity index (χ0v) is 12.2. The van der Waals surface area contributed by atoms with E-state index in [0.29, 0.717) is 5.69 Å². The van der Waals surface area contributed by atoms with Crippen molar-refractivity contribution in [1.82, 2.24) is 0 Å². The van der Waals surface area contributed by atoms with Crippen molar-refractivity contribution in [3.8, 4) is 0 Å². The summed E-state index contributed by atoms with van der Waals surface area (Å²) in [5.74, 6) is -0.661. The minimum absolute atomic E-state index is 0.142. The second kappa shape index (κ2) is 4.93. The number of nitrogens with zero attached hydrogens (tertiary/aromatic N) is 1. The van der Waals surface area contributed by atoms with Crippen LogP contribution in [-0.4, -0.2) is 11.8 Å². The summed E-state index contributed by atoms with van der Waals surface area (Å²) in [6.45, 7) is 0. The van der Waals surface area contributed by atoms with Crippen molar-refractivity contribution in [2.75, 3.05) is 10.6 Å². The number of benzene rings is 1. The molecule has 4 nitrogen and oxygen atoms in total. The third-order valence-corrected chi connectivity index (χ3v) is 4.79. The molecule has 1 saturated heterocycles. The topological polar surface area (TPSA) is 63.4 Å². The van der Waals surface area contributed by atoms with Gasteiger partial charge in [0, 0.05) is 0 Å². The largest absolute Gasteiger partial charge is 0.396 e. The number of hydrogen-bond acceptors (Lipinski definition) is 3. The molecule has 2 N–H and O–H groups in total. The van der Waals surface area contributed by atoms with Crippen LogP contribution in [0.1, 0.15) is 25.7 Å². The van der Waals surface area contributed by atoms with Crippen molar-refractivity contribution in [3.63, 3.8) is 0 Å². The molecule has 2 fully saturated rings. The number of rotatable bonds is 1. The minimum atomic E-state index is -0.189. The predicted octanol–water partition coefficient (Wildman–Crippen LogP) is 3.26. The first kappa shape index (κ1) is 13.7. The Hall–Kier alpha value is -1.26. The summed E-state index contributed by atoms with van der Waals surface area (Å²) < 4.78 is 0. The first-order valence-electron chi connectivity index (χ1n) is 6.63. The highest BCUT2D eigenvalue weighted by Crippen LogP contribution is 2.42.